The molecule has 0 spiro atoms. The third-order valence-corrected chi connectivity index (χ3v) is 3.54. The molecule has 7 heteroatoms. The quantitative estimate of drug-likeness (QED) is 0.325. The highest BCUT2D eigenvalue weighted by Gasteiger charge is 2.04. The van der Waals surface area contributed by atoms with Crippen molar-refractivity contribution in [3.05, 3.63) is 59.9 Å². The zero-order chi connectivity index (χ0) is 18.6. The van der Waals surface area contributed by atoms with Crippen LogP contribution in [0, 0.1) is 0 Å². The largest absolute Gasteiger partial charge is 0.508 e. The maximum atomic E-state index is 12.0. The molecule has 2 aromatic rings. The fourth-order valence-corrected chi connectivity index (χ4v) is 2.24. The van der Waals surface area contributed by atoms with Crippen molar-refractivity contribution in [2.24, 2.45) is 4.99 Å². The van der Waals surface area contributed by atoms with Crippen LogP contribution in [0.4, 0.5) is 0 Å². The maximum absolute atomic E-state index is 12.0. The number of phenolic OH excluding ortho intramolecular Hbond substituents is 1. The monoisotopic (exact) mass is 355 g/mol. The number of guanidine groups is 1. The van der Waals surface area contributed by atoms with Crippen molar-refractivity contribution < 1.29 is 9.90 Å². The van der Waals surface area contributed by atoms with Gasteiger partial charge in [0.15, 0.2) is 5.96 Å². The Morgan fingerprint density at radius 1 is 1.08 bits per heavy atom. The molecule has 0 fully saturated rings. The number of aromatic hydroxyl groups is 1. The molecule has 0 aliphatic heterocycles. The summed E-state index contributed by atoms with van der Waals surface area (Å²) in [7, 11) is 0. The molecule has 1 heterocycles. The van der Waals surface area contributed by atoms with Crippen LogP contribution in [-0.4, -0.2) is 48.1 Å². The van der Waals surface area contributed by atoms with Crippen molar-refractivity contribution in [2.45, 2.75) is 13.3 Å². The molecule has 7 nitrogen and oxygen atoms in total. The van der Waals surface area contributed by atoms with Gasteiger partial charge in [0.2, 0.25) is 0 Å². The second-order valence-electron chi connectivity index (χ2n) is 5.56. The average molecular weight is 355 g/mol. The van der Waals surface area contributed by atoms with E-state index in [2.05, 4.69) is 25.9 Å². The number of carbonyl (C=O) groups is 1. The Bertz CT molecular complexity index is 702. The highest BCUT2D eigenvalue weighted by atomic mass is 16.3. The lowest BCUT2D eigenvalue weighted by molar-refractivity contribution is 0.0954. The Labute approximate surface area is 153 Å². The number of carbonyl (C=O) groups excluding carboxylic acids is 1. The molecule has 2 rings (SSSR count). The number of amides is 1. The summed E-state index contributed by atoms with van der Waals surface area (Å²) >= 11 is 0. The van der Waals surface area contributed by atoms with E-state index in [1.807, 2.05) is 25.1 Å². The minimum Gasteiger partial charge on any atom is -0.508 e. The molecule has 0 saturated carbocycles. The molecule has 0 aliphatic rings. The summed E-state index contributed by atoms with van der Waals surface area (Å²) in [4.78, 5) is 20.8. The van der Waals surface area contributed by atoms with Crippen LogP contribution in [0.15, 0.2) is 53.7 Å². The molecule has 138 valence electrons. The average Bonchev–Trinajstić information content (AvgIpc) is 2.66. The lowest BCUT2D eigenvalue weighted by atomic mass is 10.2. The van der Waals surface area contributed by atoms with Gasteiger partial charge in [-0.2, -0.15) is 0 Å². The van der Waals surface area contributed by atoms with Gasteiger partial charge in [-0.1, -0.05) is 6.07 Å². The normalized spacial score (nSPS) is 11.0. The summed E-state index contributed by atoms with van der Waals surface area (Å²) in [6, 6.07) is 12.0. The van der Waals surface area contributed by atoms with Gasteiger partial charge in [0.05, 0.1) is 0 Å². The van der Waals surface area contributed by atoms with E-state index in [1.54, 1.807) is 18.3 Å². The van der Waals surface area contributed by atoms with Crippen molar-refractivity contribution in [2.75, 3.05) is 26.2 Å². The first-order valence-electron chi connectivity index (χ1n) is 8.68. The van der Waals surface area contributed by atoms with Gasteiger partial charge in [-0.3, -0.25) is 14.8 Å². The zero-order valence-electron chi connectivity index (χ0n) is 14.9. The smallest absolute Gasteiger partial charge is 0.251 e. The number of phenols is 1. The van der Waals surface area contributed by atoms with E-state index in [0.29, 0.717) is 31.2 Å². The van der Waals surface area contributed by atoms with Gasteiger partial charge in [-0.05, 0) is 43.3 Å². The van der Waals surface area contributed by atoms with Crippen molar-refractivity contribution in [1.29, 1.82) is 0 Å². The molecule has 0 aliphatic carbocycles. The summed E-state index contributed by atoms with van der Waals surface area (Å²) in [5.74, 6) is 0.673. The van der Waals surface area contributed by atoms with Crippen LogP contribution in [0.1, 0.15) is 23.0 Å². The van der Waals surface area contributed by atoms with Crippen LogP contribution >= 0.6 is 0 Å². The fourth-order valence-electron chi connectivity index (χ4n) is 2.24. The van der Waals surface area contributed by atoms with Gasteiger partial charge in [-0.15, -0.1) is 0 Å². The van der Waals surface area contributed by atoms with E-state index >= 15 is 0 Å². The number of rotatable bonds is 8. The third kappa shape index (κ3) is 6.80. The fraction of sp³-hybridized carbons (Fsp3) is 0.316. The predicted octanol–water partition coefficient (Wildman–Crippen LogP) is 1.31. The van der Waals surface area contributed by atoms with Crippen LogP contribution in [0.25, 0.3) is 0 Å². The first-order valence-corrected chi connectivity index (χ1v) is 8.68. The Balaban J connectivity index is 1.72. The molecule has 0 saturated heterocycles. The SMILES string of the molecule is CCNC(=NCCc1ccccn1)NCCNC(=O)c1ccc(O)cc1. The second kappa shape index (κ2) is 10.7. The molecule has 1 aromatic carbocycles. The predicted molar refractivity (Wildman–Crippen MR) is 102 cm³/mol. The van der Waals surface area contributed by atoms with Crippen molar-refractivity contribution in [3.8, 4) is 5.75 Å². The van der Waals surface area contributed by atoms with Gasteiger partial charge in [-0.25, -0.2) is 0 Å². The zero-order valence-corrected chi connectivity index (χ0v) is 14.9. The van der Waals surface area contributed by atoms with E-state index < -0.39 is 0 Å². The van der Waals surface area contributed by atoms with Crippen LogP contribution in [0.2, 0.25) is 0 Å². The summed E-state index contributed by atoms with van der Waals surface area (Å²) in [5.41, 5.74) is 1.52. The molecular weight excluding hydrogens is 330 g/mol. The molecule has 4 N–H and O–H groups in total. The van der Waals surface area contributed by atoms with E-state index in [0.717, 1.165) is 18.7 Å². The molecular formula is C19H25N5O2. The van der Waals surface area contributed by atoms with Crippen LogP contribution in [-0.2, 0) is 6.42 Å². The highest BCUT2D eigenvalue weighted by molar-refractivity contribution is 5.94. The van der Waals surface area contributed by atoms with E-state index in [9.17, 15) is 9.90 Å². The summed E-state index contributed by atoms with van der Waals surface area (Å²) in [5, 5.41) is 18.4. The van der Waals surface area contributed by atoms with Crippen molar-refractivity contribution in [3.63, 3.8) is 0 Å². The van der Waals surface area contributed by atoms with Crippen molar-refractivity contribution in [1.82, 2.24) is 20.9 Å². The molecule has 1 amide bonds. The van der Waals surface area contributed by atoms with Crippen LogP contribution < -0.4 is 16.0 Å². The van der Waals surface area contributed by atoms with Gasteiger partial charge in [0.25, 0.3) is 5.91 Å². The Morgan fingerprint density at radius 2 is 1.85 bits per heavy atom. The van der Waals surface area contributed by atoms with E-state index in [1.165, 1.54) is 12.1 Å². The third-order valence-electron chi connectivity index (χ3n) is 3.54. The number of aliphatic imine (C=N–C) groups is 1. The second-order valence-corrected chi connectivity index (χ2v) is 5.56. The highest BCUT2D eigenvalue weighted by Crippen LogP contribution is 2.09. The minimum absolute atomic E-state index is 0.139. The van der Waals surface area contributed by atoms with Crippen LogP contribution in [0.5, 0.6) is 5.75 Å². The Kier molecular flexibility index (Phi) is 7.92. The molecule has 26 heavy (non-hydrogen) atoms. The first-order chi connectivity index (χ1) is 12.7. The molecule has 0 radical (unpaired) electrons. The topological polar surface area (TPSA) is 98.6 Å². The summed E-state index contributed by atoms with van der Waals surface area (Å²) in [6.07, 6.45) is 2.55. The number of nitrogens with one attached hydrogen (secondary N) is 3. The van der Waals surface area contributed by atoms with Crippen molar-refractivity contribution >= 4 is 11.9 Å². The lowest BCUT2D eigenvalue weighted by Gasteiger charge is -2.12. The minimum atomic E-state index is -0.177. The number of pyridine rings is 1. The molecule has 0 atom stereocenters. The number of benzene rings is 1. The maximum Gasteiger partial charge on any atom is 0.251 e. The summed E-state index contributed by atoms with van der Waals surface area (Å²) < 4.78 is 0. The van der Waals surface area contributed by atoms with E-state index in [-0.39, 0.29) is 11.7 Å². The van der Waals surface area contributed by atoms with Gasteiger partial charge >= 0.3 is 0 Å². The number of hydrogen-bond acceptors (Lipinski definition) is 4. The molecule has 1 aromatic heterocycles. The van der Waals surface area contributed by atoms with Gasteiger partial charge < -0.3 is 21.1 Å². The van der Waals surface area contributed by atoms with Gasteiger partial charge in [0.1, 0.15) is 5.75 Å². The van der Waals surface area contributed by atoms with Crippen LogP contribution in [0.3, 0.4) is 0 Å². The Hall–Kier alpha value is -3.09. The number of nitrogens with zero attached hydrogens (tertiary/aromatic N) is 2. The van der Waals surface area contributed by atoms with E-state index in [4.69, 9.17) is 0 Å². The first kappa shape index (κ1) is 19.2. The number of aromatic nitrogens is 1. The standard InChI is InChI=1S/C19H25N5O2/c1-2-20-19(23-12-10-16-5-3-4-11-21-16)24-14-13-22-18(26)15-6-8-17(25)9-7-15/h3-9,11,25H,2,10,12-14H2,1H3,(H,22,26)(H2,20,23,24). The molecule has 0 bridgehead atoms. The summed E-state index contributed by atoms with van der Waals surface area (Å²) in [6.45, 7) is 4.41. The lowest BCUT2D eigenvalue weighted by Crippen LogP contribution is -2.41. The number of hydrogen-bond donors (Lipinski definition) is 4. The molecule has 0 unspecified atom stereocenters. The Morgan fingerprint density at radius 3 is 2.54 bits per heavy atom. The van der Waals surface area contributed by atoms with Gasteiger partial charge in [0, 0.05) is 50.1 Å².